The van der Waals surface area contributed by atoms with E-state index in [1.54, 1.807) is 30.2 Å². The van der Waals surface area contributed by atoms with Gasteiger partial charge in [-0.3, -0.25) is 4.98 Å². The van der Waals surface area contributed by atoms with Crippen LogP contribution in [-0.4, -0.2) is 36.0 Å². The number of nitrogens with zero attached hydrogens (tertiary/aromatic N) is 4. The summed E-state index contributed by atoms with van der Waals surface area (Å²) in [5, 5.41) is 0. The largest absolute Gasteiger partial charge is 0.502 e. The summed E-state index contributed by atoms with van der Waals surface area (Å²) in [4.78, 5) is 13.2. The first kappa shape index (κ1) is 42.5. The van der Waals surface area contributed by atoms with Gasteiger partial charge in [0.2, 0.25) is 0 Å². The molecular formula is C47H48Cl2FN4ORu-. The first-order valence-corrected chi connectivity index (χ1v) is 23.7. The Balaban J connectivity index is 0.000000168. The smallest absolute Gasteiger partial charge is 0.0346 e. The van der Waals surface area contributed by atoms with Crippen LogP contribution >= 0.6 is 19.4 Å². The first-order chi connectivity index (χ1) is 26.9. The number of halogens is 3. The van der Waals surface area contributed by atoms with Gasteiger partial charge in [-0.2, -0.15) is 6.67 Å². The van der Waals surface area contributed by atoms with E-state index < -0.39 is 13.5 Å². The molecule has 0 bridgehead atoms. The predicted molar refractivity (Wildman–Crippen MR) is 233 cm³/mol. The first-order valence-electron chi connectivity index (χ1n) is 18.2. The van der Waals surface area contributed by atoms with Crippen LogP contribution in [-0.2, 0) is 13.5 Å². The number of hydrogen-bond acceptors (Lipinski definition) is 5. The van der Waals surface area contributed by atoms with Gasteiger partial charge in [0, 0.05) is 36.9 Å². The number of anilines is 2. The predicted octanol–water partition coefficient (Wildman–Crippen LogP) is 12.4. The number of aromatic nitrogens is 1. The van der Waals surface area contributed by atoms with Crippen molar-refractivity contribution in [1.29, 1.82) is 0 Å². The molecule has 0 atom stereocenters. The summed E-state index contributed by atoms with van der Waals surface area (Å²) in [5.74, 6) is 0.440. The summed E-state index contributed by atoms with van der Waals surface area (Å²) in [7, 11) is 13.3. The van der Waals surface area contributed by atoms with E-state index in [1.165, 1.54) is 62.5 Å². The third-order valence-electron chi connectivity index (χ3n) is 9.14. The van der Waals surface area contributed by atoms with E-state index in [2.05, 4.69) is 110 Å². The zero-order valence-electron chi connectivity index (χ0n) is 32.9. The third kappa shape index (κ3) is 11.9. The van der Waals surface area contributed by atoms with Crippen molar-refractivity contribution in [3.8, 4) is 16.9 Å². The van der Waals surface area contributed by atoms with Crippen LogP contribution in [0.4, 0.5) is 21.5 Å². The van der Waals surface area contributed by atoms with E-state index in [9.17, 15) is 4.39 Å². The molecule has 1 aliphatic rings. The monoisotopic (exact) mass is 875 g/mol. The van der Waals surface area contributed by atoms with Crippen LogP contribution in [0.5, 0.6) is 5.75 Å². The number of ether oxygens (including phenoxy) is 1. The minimum absolute atomic E-state index is 0.327. The fourth-order valence-electron chi connectivity index (χ4n) is 6.90. The third-order valence-corrected chi connectivity index (χ3v) is 11.0. The van der Waals surface area contributed by atoms with E-state index >= 15 is 0 Å². The maximum Gasteiger partial charge on any atom is 0.0346 e. The molecule has 0 amide bonds. The molecule has 0 unspecified atom stereocenters. The van der Waals surface area contributed by atoms with Crippen molar-refractivity contribution in [2.75, 3.05) is 30.0 Å². The number of aryl methyl sites for hydroxylation is 6. The number of rotatable bonds is 7. The fourth-order valence-corrected chi connectivity index (χ4v) is 8.73. The Morgan fingerprint density at radius 1 is 0.696 bits per heavy atom. The molecule has 0 N–H and O–H groups in total. The van der Waals surface area contributed by atoms with Gasteiger partial charge in [0.25, 0.3) is 0 Å². The number of aliphatic imine (C=N–C) groups is 1. The van der Waals surface area contributed by atoms with Crippen molar-refractivity contribution >= 4 is 47.3 Å². The molecule has 0 saturated carbocycles. The quantitative estimate of drug-likeness (QED) is 0.0910. The van der Waals surface area contributed by atoms with E-state index in [4.69, 9.17) is 24.1 Å². The second-order valence-corrected chi connectivity index (χ2v) is 19.4. The van der Waals surface area contributed by atoms with Crippen LogP contribution in [0, 0.1) is 54.0 Å². The maximum absolute atomic E-state index is 13.3. The van der Waals surface area contributed by atoms with Gasteiger partial charge in [-0.15, -0.1) is 0 Å². The Bertz CT molecular complexity index is 2130. The molecule has 5 aromatic carbocycles. The fraction of sp³-hybridized carbons (Fsp3) is 0.191. The minimum Gasteiger partial charge on any atom is -0.502 e. The van der Waals surface area contributed by atoms with Crippen LogP contribution in [0.2, 0.25) is 0 Å². The molecule has 7 rings (SSSR count). The SMILES string of the molecule is COc1ccc(N=Cc2ccc(F)cc2[CH]=[Ru]([Cl])[Cl])cc1.Cc1cc(C)c(N2[CH-]N(c3c(C)cc(C)cc3C)CC2)c(C)c1.c1ccc(-c2cccnc2)cc1. The summed E-state index contributed by atoms with van der Waals surface area (Å²) >= 11 is -2.02. The van der Waals surface area contributed by atoms with Crippen LogP contribution in [0.15, 0.2) is 127 Å². The standard InChI is InChI=1S/C21H27N2.C15H12FNO.C11H9N.2ClH.Ru/c1-14-9-16(3)20(17(4)10-14)22-7-8-23(13-22)21-18(5)11-15(2)12-19(21)6;1-11-9-13(16)4-3-12(11)10-17-14-5-7-15(18-2)8-6-14;1-2-5-10(6-3-1)11-7-4-8-12-9-11;;;/h9-13H,7-8H2,1-6H3;1,3-10H,2H3;1-9H;2*1H;/q-1;;;;;+2/p-2. The summed E-state index contributed by atoms with van der Waals surface area (Å²) in [5.41, 5.74) is 15.4. The Morgan fingerprint density at radius 2 is 1.25 bits per heavy atom. The average Bonchev–Trinajstić information content (AvgIpc) is 3.63. The van der Waals surface area contributed by atoms with Gasteiger partial charge in [0.15, 0.2) is 0 Å². The van der Waals surface area contributed by atoms with Crippen molar-refractivity contribution in [2.24, 2.45) is 4.99 Å². The molecule has 6 aromatic rings. The second-order valence-electron chi connectivity index (χ2n) is 13.6. The van der Waals surface area contributed by atoms with Gasteiger partial charge in [-0.25, -0.2) is 0 Å². The van der Waals surface area contributed by atoms with Crippen LogP contribution in [0.3, 0.4) is 0 Å². The Labute approximate surface area is 344 Å². The summed E-state index contributed by atoms with van der Waals surface area (Å²) < 4.78 is 20.1. The normalized spacial score (nSPS) is 12.4. The maximum atomic E-state index is 13.3. The summed E-state index contributed by atoms with van der Waals surface area (Å²) in [6, 6.07) is 35.1. The molecular weight excluding hydrogens is 828 g/mol. The van der Waals surface area contributed by atoms with Gasteiger partial charge in [-0.1, -0.05) is 71.8 Å². The molecule has 0 aliphatic carbocycles. The van der Waals surface area contributed by atoms with Gasteiger partial charge < -0.3 is 9.80 Å². The topological polar surface area (TPSA) is 41.0 Å². The number of pyridine rings is 1. The van der Waals surface area contributed by atoms with Crippen LogP contribution in [0.1, 0.15) is 44.5 Å². The van der Waals surface area contributed by atoms with Crippen molar-refractivity contribution in [3.63, 3.8) is 0 Å². The van der Waals surface area contributed by atoms with E-state index in [1.807, 2.05) is 54.7 Å². The van der Waals surface area contributed by atoms with E-state index in [-0.39, 0.29) is 5.82 Å². The Kier molecular flexibility index (Phi) is 15.5. The van der Waals surface area contributed by atoms with Crippen LogP contribution < -0.4 is 14.5 Å². The Morgan fingerprint density at radius 3 is 1.75 bits per heavy atom. The Hall–Kier alpha value is -4.68. The molecule has 1 fully saturated rings. The average molecular weight is 876 g/mol. The molecule has 9 heteroatoms. The number of hydrogen-bond donors (Lipinski definition) is 0. The van der Waals surface area contributed by atoms with Crippen molar-refractivity contribution in [3.05, 3.63) is 179 Å². The number of methoxy groups -OCH3 is 1. The van der Waals surface area contributed by atoms with E-state index in [0.29, 0.717) is 5.56 Å². The zero-order chi connectivity index (χ0) is 40.2. The molecule has 5 nitrogen and oxygen atoms in total. The summed E-state index contributed by atoms with van der Waals surface area (Å²) in [6.07, 6.45) is 5.32. The van der Waals surface area contributed by atoms with Crippen molar-refractivity contribution in [2.45, 2.75) is 41.5 Å². The molecule has 2 heterocycles. The zero-order valence-corrected chi connectivity index (χ0v) is 36.1. The molecule has 0 spiro atoms. The van der Waals surface area contributed by atoms with Crippen LogP contribution in [0.25, 0.3) is 11.1 Å². The molecule has 56 heavy (non-hydrogen) atoms. The molecule has 292 valence electrons. The summed E-state index contributed by atoms with van der Waals surface area (Å²) in [6.45, 7) is 17.6. The van der Waals surface area contributed by atoms with Gasteiger partial charge in [0.05, 0.1) is 0 Å². The van der Waals surface area contributed by atoms with Gasteiger partial charge in [-0.05, 0) is 81.0 Å². The van der Waals surface area contributed by atoms with Gasteiger partial charge >= 0.3 is 136 Å². The molecule has 1 saturated heterocycles. The van der Waals surface area contributed by atoms with Crippen molar-refractivity contribution in [1.82, 2.24) is 4.98 Å². The van der Waals surface area contributed by atoms with E-state index in [0.717, 1.165) is 35.7 Å². The number of benzene rings is 5. The molecule has 1 aliphatic heterocycles. The van der Waals surface area contributed by atoms with Crippen molar-refractivity contribution < 1.29 is 22.6 Å². The molecule has 0 radical (unpaired) electrons. The van der Waals surface area contributed by atoms with Gasteiger partial charge in [0.1, 0.15) is 0 Å². The molecule has 1 aromatic heterocycles. The minimum atomic E-state index is -2.02. The second kappa shape index (κ2) is 20.5.